The van der Waals surface area contributed by atoms with Gasteiger partial charge in [0.05, 0.1) is 5.25 Å². The molecule has 2 saturated carbocycles. The third kappa shape index (κ3) is 2.69. The van der Waals surface area contributed by atoms with Crippen LogP contribution in [0, 0.1) is 11.3 Å². The molecule has 1 spiro atoms. The highest BCUT2D eigenvalue weighted by molar-refractivity contribution is 7.90. The predicted molar refractivity (Wildman–Crippen MR) is 76.4 cm³/mol. The molecular formula is C14H26N2O2S. The number of hydrogen-bond donors (Lipinski definition) is 1. The Balaban J connectivity index is 1.41. The molecule has 0 aromatic carbocycles. The normalized spacial score (nSPS) is 29.1. The van der Waals surface area contributed by atoms with Crippen LogP contribution >= 0.6 is 0 Å². The molecule has 2 aliphatic carbocycles. The number of nitrogens with zero attached hydrogens (tertiary/aromatic N) is 1. The first-order chi connectivity index (χ1) is 9.03. The number of sulfonamides is 1. The molecule has 1 aliphatic heterocycles. The Kier molecular flexibility index (Phi) is 3.65. The molecule has 3 rings (SSSR count). The molecule has 3 aliphatic rings. The van der Waals surface area contributed by atoms with E-state index in [1.54, 1.807) is 0 Å². The van der Waals surface area contributed by atoms with E-state index in [1.807, 2.05) is 0 Å². The minimum absolute atomic E-state index is 0.173. The van der Waals surface area contributed by atoms with Crippen LogP contribution in [0.25, 0.3) is 0 Å². The maximum absolute atomic E-state index is 11.8. The van der Waals surface area contributed by atoms with E-state index in [0.717, 1.165) is 37.3 Å². The molecule has 5 heteroatoms. The average molecular weight is 286 g/mol. The van der Waals surface area contributed by atoms with Gasteiger partial charge in [0, 0.05) is 6.54 Å². The van der Waals surface area contributed by atoms with Gasteiger partial charge in [0.2, 0.25) is 10.0 Å². The van der Waals surface area contributed by atoms with E-state index < -0.39 is 10.0 Å². The fourth-order valence-electron chi connectivity index (χ4n) is 4.31. The minimum atomic E-state index is -3.05. The fourth-order valence-corrected chi connectivity index (χ4v) is 5.48. The van der Waals surface area contributed by atoms with Gasteiger partial charge in [-0.3, -0.25) is 0 Å². The van der Waals surface area contributed by atoms with Gasteiger partial charge in [0.25, 0.3) is 0 Å². The molecule has 4 nitrogen and oxygen atoms in total. The summed E-state index contributed by atoms with van der Waals surface area (Å²) >= 11 is 0. The summed E-state index contributed by atoms with van der Waals surface area (Å²) in [6, 6.07) is 0. The first kappa shape index (κ1) is 13.8. The van der Waals surface area contributed by atoms with Crippen molar-refractivity contribution in [3.63, 3.8) is 0 Å². The van der Waals surface area contributed by atoms with E-state index in [-0.39, 0.29) is 5.25 Å². The van der Waals surface area contributed by atoms with Gasteiger partial charge in [-0.1, -0.05) is 6.42 Å². The van der Waals surface area contributed by atoms with E-state index in [1.165, 1.54) is 45.7 Å². The van der Waals surface area contributed by atoms with Crippen molar-refractivity contribution < 1.29 is 8.42 Å². The zero-order valence-electron chi connectivity index (χ0n) is 11.9. The smallest absolute Gasteiger partial charge is 0.214 e. The second-order valence-corrected chi connectivity index (χ2v) is 9.04. The standard InChI is InChI=1S/C14H26N2O2S/c1-15-19(17,18)13-3-7-16(8-4-13)11-12-9-14(10-12)5-2-6-14/h12-13,15H,2-11H2,1H3. The highest BCUT2D eigenvalue weighted by atomic mass is 32.2. The monoisotopic (exact) mass is 286 g/mol. The molecule has 0 amide bonds. The van der Waals surface area contributed by atoms with Crippen LogP contribution in [0.2, 0.25) is 0 Å². The predicted octanol–water partition coefficient (Wildman–Crippen LogP) is 1.58. The number of likely N-dealkylation sites (tertiary alicyclic amines) is 1. The summed E-state index contributed by atoms with van der Waals surface area (Å²) in [6.45, 7) is 3.11. The maximum Gasteiger partial charge on any atom is 0.214 e. The second kappa shape index (κ2) is 5.01. The summed E-state index contributed by atoms with van der Waals surface area (Å²) in [7, 11) is -1.53. The number of rotatable bonds is 4. The Labute approximate surface area is 117 Å². The largest absolute Gasteiger partial charge is 0.303 e. The lowest BCUT2D eigenvalue weighted by Gasteiger charge is -2.55. The van der Waals surface area contributed by atoms with Crippen molar-refractivity contribution in [2.75, 3.05) is 26.7 Å². The van der Waals surface area contributed by atoms with Gasteiger partial charge in [-0.25, -0.2) is 13.1 Å². The number of nitrogens with one attached hydrogen (secondary N) is 1. The lowest BCUT2D eigenvalue weighted by atomic mass is 9.52. The quantitative estimate of drug-likeness (QED) is 0.853. The van der Waals surface area contributed by atoms with E-state index in [0.29, 0.717) is 0 Å². The summed E-state index contributed by atoms with van der Waals surface area (Å²) in [5.41, 5.74) is 0.762. The summed E-state index contributed by atoms with van der Waals surface area (Å²) in [6.07, 6.45) is 8.82. The van der Waals surface area contributed by atoms with Gasteiger partial charge in [0.15, 0.2) is 0 Å². The minimum Gasteiger partial charge on any atom is -0.303 e. The first-order valence-corrected chi connectivity index (χ1v) is 9.22. The third-order valence-corrected chi connectivity index (χ3v) is 7.55. The van der Waals surface area contributed by atoms with Crippen molar-refractivity contribution >= 4 is 10.0 Å². The van der Waals surface area contributed by atoms with E-state index in [4.69, 9.17) is 0 Å². The Morgan fingerprint density at radius 1 is 1.21 bits per heavy atom. The van der Waals surface area contributed by atoms with Crippen LogP contribution < -0.4 is 4.72 Å². The van der Waals surface area contributed by atoms with Crippen LogP contribution in [0.3, 0.4) is 0 Å². The van der Waals surface area contributed by atoms with Crippen molar-refractivity contribution in [1.29, 1.82) is 0 Å². The maximum atomic E-state index is 11.8. The Bertz CT molecular complexity index is 415. The Morgan fingerprint density at radius 3 is 2.32 bits per heavy atom. The number of hydrogen-bond acceptors (Lipinski definition) is 3. The molecule has 0 aromatic heterocycles. The molecule has 0 unspecified atom stereocenters. The molecule has 1 N–H and O–H groups in total. The fraction of sp³-hybridized carbons (Fsp3) is 1.00. The molecule has 0 bridgehead atoms. The van der Waals surface area contributed by atoms with Gasteiger partial charge < -0.3 is 4.90 Å². The lowest BCUT2D eigenvalue weighted by Crippen LogP contribution is -2.49. The molecule has 0 radical (unpaired) electrons. The molecule has 19 heavy (non-hydrogen) atoms. The third-order valence-electron chi connectivity index (χ3n) is 5.63. The van der Waals surface area contributed by atoms with Crippen LogP contribution in [0.5, 0.6) is 0 Å². The van der Waals surface area contributed by atoms with Gasteiger partial charge in [-0.2, -0.15) is 0 Å². The highest BCUT2D eigenvalue weighted by Gasteiger charge is 2.48. The van der Waals surface area contributed by atoms with Crippen molar-refractivity contribution in [1.82, 2.24) is 9.62 Å². The van der Waals surface area contributed by atoms with Crippen LogP contribution in [0.1, 0.15) is 44.9 Å². The summed E-state index contributed by atoms with van der Waals surface area (Å²) in [5, 5.41) is -0.173. The molecule has 3 fully saturated rings. The highest BCUT2D eigenvalue weighted by Crippen LogP contribution is 2.58. The van der Waals surface area contributed by atoms with Gasteiger partial charge in [-0.15, -0.1) is 0 Å². The van der Waals surface area contributed by atoms with Gasteiger partial charge in [-0.05, 0) is 70.0 Å². The van der Waals surface area contributed by atoms with Crippen LogP contribution in [-0.2, 0) is 10.0 Å². The first-order valence-electron chi connectivity index (χ1n) is 7.68. The summed E-state index contributed by atoms with van der Waals surface area (Å²) in [5.74, 6) is 0.887. The second-order valence-electron chi connectivity index (χ2n) is 6.88. The van der Waals surface area contributed by atoms with E-state index in [2.05, 4.69) is 9.62 Å². The van der Waals surface area contributed by atoms with Crippen molar-refractivity contribution in [2.24, 2.45) is 11.3 Å². The molecule has 1 saturated heterocycles. The lowest BCUT2D eigenvalue weighted by molar-refractivity contribution is -0.0392. The molecular weight excluding hydrogens is 260 g/mol. The average Bonchev–Trinajstić information content (AvgIpc) is 2.31. The SMILES string of the molecule is CNS(=O)(=O)C1CCN(CC2CC3(CCC3)C2)CC1. The summed E-state index contributed by atoms with van der Waals surface area (Å²) < 4.78 is 26.0. The summed E-state index contributed by atoms with van der Waals surface area (Å²) in [4.78, 5) is 2.48. The Morgan fingerprint density at radius 2 is 1.84 bits per heavy atom. The van der Waals surface area contributed by atoms with Crippen molar-refractivity contribution in [2.45, 2.75) is 50.2 Å². The van der Waals surface area contributed by atoms with Gasteiger partial charge >= 0.3 is 0 Å². The van der Waals surface area contributed by atoms with Gasteiger partial charge in [0.1, 0.15) is 0 Å². The Hall–Kier alpha value is -0.130. The van der Waals surface area contributed by atoms with E-state index >= 15 is 0 Å². The zero-order valence-corrected chi connectivity index (χ0v) is 12.7. The topological polar surface area (TPSA) is 49.4 Å². The van der Waals surface area contributed by atoms with Crippen molar-refractivity contribution in [3.05, 3.63) is 0 Å². The number of piperidine rings is 1. The van der Waals surface area contributed by atoms with Crippen LogP contribution in [0.4, 0.5) is 0 Å². The zero-order chi connectivity index (χ0) is 13.5. The van der Waals surface area contributed by atoms with E-state index in [9.17, 15) is 8.42 Å². The molecule has 1 heterocycles. The molecule has 0 aromatic rings. The van der Waals surface area contributed by atoms with Crippen LogP contribution in [-0.4, -0.2) is 45.2 Å². The molecule has 110 valence electrons. The molecule has 0 atom stereocenters. The van der Waals surface area contributed by atoms with Crippen LogP contribution in [0.15, 0.2) is 0 Å². The van der Waals surface area contributed by atoms with Crippen molar-refractivity contribution in [3.8, 4) is 0 Å².